The first-order valence-corrected chi connectivity index (χ1v) is 10.8. The second-order valence-electron chi connectivity index (χ2n) is 8.84. The Morgan fingerprint density at radius 1 is 1.16 bits per heavy atom. The fourth-order valence-corrected chi connectivity index (χ4v) is 4.20. The number of anilines is 2. The third kappa shape index (κ3) is 5.55. The van der Waals surface area contributed by atoms with E-state index in [1.54, 1.807) is 32.9 Å². The average molecular weight is 469 g/mol. The Kier molecular flexibility index (Phi) is 6.92. The predicted molar refractivity (Wildman–Crippen MR) is 120 cm³/mol. The number of rotatable bonds is 4. The molecule has 2 amide bonds. The van der Waals surface area contributed by atoms with Crippen LogP contribution in [0, 0.1) is 23.0 Å². The molecule has 31 heavy (non-hydrogen) atoms. The summed E-state index contributed by atoms with van der Waals surface area (Å²) < 4.78 is 27.2. The molecular weight excluding hydrogens is 445 g/mol. The van der Waals surface area contributed by atoms with Crippen molar-refractivity contribution in [2.45, 2.75) is 40.0 Å². The molecule has 0 saturated carbocycles. The van der Waals surface area contributed by atoms with Crippen LogP contribution in [0.5, 0.6) is 0 Å². The second kappa shape index (κ2) is 9.13. The molecule has 2 aromatic rings. The number of nitrogens with zero attached hydrogens (tertiary/aromatic N) is 1. The molecule has 8 heteroatoms. The summed E-state index contributed by atoms with van der Waals surface area (Å²) in [6, 6.07) is 6.63. The largest absolute Gasteiger partial charge is 0.326 e. The first-order valence-electron chi connectivity index (χ1n) is 10.0. The fourth-order valence-electron chi connectivity index (χ4n) is 3.51. The Bertz CT molecular complexity index is 998. The summed E-state index contributed by atoms with van der Waals surface area (Å²) in [5, 5.41) is 3.24. The van der Waals surface area contributed by atoms with Gasteiger partial charge in [0.05, 0.1) is 15.7 Å². The fraction of sp³-hybridized carbons (Fsp3) is 0.391. The Hall–Kier alpha value is -2.18. The van der Waals surface area contributed by atoms with Crippen LogP contribution in [0.25, 0.3) is 0 Å². The van der Waals surface area contributed by atoms with Crippen molar-refractivity contribution in [3.63, 3.8) is 0 Å². The SMILES string of the molecule is CC(C)(C)C(=O)Nc1cc(Cl)c(N2CC(Cc3ccc(F)cc3F)CCC2=O)c(Cl)c1. The molecule has 3 rings (SSSR count). The molecule has 0 aromatic heterocycles. The normalized spacial score (nSPS) is 17.1. The van der Waals surface area contributed by atoms with Crippen LogP contribution in [0.4, 0.5) is 20.2 Å². The van der Waals surface area contributed by atoms with Crippen molar-refractivity contribution < 1.29 is 18.4 Å². The van der Waals surface area contributed by atoms with Crippen LogP contribution in [0.2, 0.25) is 10.0 Å². The van der Waals surface area contributed by atoms with E-state index in [9.17, 15) is 18.4 Å². The topological polar surface area (TPSA) is 49.4 Å². The summed E-state index contributed by atoms with van der Waals surface area (Å²) in [6.07, 6.45) is 1.22. The molecule has 1 aliphatic rings. The molecule has 1 heterocycles. The molecule has 0 aliphatic carbocycles. The Morgan fingerprint density at radius 3 is 2.39 bits per heavy atom. The van der Waals surface area contributed by atoms with Crippen LogP contribution >= 0.6 is 23.2 Å². The zero-order valence-corrected chi connectivity index (χ0v) is 19.1. The van der Waals surface area contributed by atoms with Gasteiger partial charge in [0.1, 0.15) is 11.6 Å². The number of carbonyl (C=O) groups excluding carboxylic acids is 2. The highest BCUT2D eigenvalue weighted by Crippen LogP contribution is 2.39. The van der Waals surface area contributed by atoms with Crippen molar-refractivity contribution in [2.24, 2.45) is 11.3 Å². The number of amides is 2. The molecule has 1 N–H and O–H groups in total. The van der Waals surface area contributed by atoms with E-state index in [4.69, 9.17) is 23.2 Å². The van der Waals surface area contributed by atoms with Crippen molar-refractivity contribution in [3.8, 4) is 0 Å². The predicted octanol–water partition coefficient (Wildman–Crippen LogP) is 6.24. The first kappa shape index (κ1) is 23.5. The first-order chi connectivity index (χ1) is 14.5. The number of piperidine rings is 1. The van der Waals surface area contributed by atoms with E-state index in [0.29, 0.717) is 36.3 Å². The van der Waals surface area contributed by atoms with Crippen LogP contribution in [0.1, 0.15) is 39.2 Å². The van der Waals surface area contributed by atoms with Gasteiger partial charge in [0.25, 0.3) is 0 Å². The maximum Gasteiger partial charge on any atom is 0.229 e. The molecule has 1 atom stereocenters. The van der Waals surface area contributed by atoms with Crippen LogP contribution < -0.4 is 10.2 Å². The molecule has 0 spiro atoms. The number of carbonyl (C=O) groups is 2. The minimum absolute atomic E-state index is 0.0370. The van der Waals surface area contributed by atoms with Crippen LogP contribution in [-0.2, 0) is 16.0 Å². The minimum Gasteiger partial charge on any atom is -0.326 e. The van der Waals surface area contributed by atoms with Crippen LogP contribution in [-0.4, -0.2) is 18.4 Å². The van der Waals surface area contributed by atoms with E-state index in [1.165, 1.54) is 17.0 Å². The summed E-state index contributed by atoms with van der Waals surface area (Å²) in [7, 11) is 0. The van der Waals surface area contributed by atoms with Gasteiger partial charge >= 0.3 is 0 Å². The van der Waals surface area contributed by atoms with E-state index in [2.05, 4.69) is 5.32 Å². The molecule has 0 radical (unpaired) electrons. The second-order valence-corrected chi connectivity index (χ2v) is 9.66. The van der Waals surface area contributed by atoms with Gasteiger partial charge in [0, 0.05) is 30.1 Å². The third-order valence-corrected chi connectivity index (χ3v) is 5.83. The summed E-state index contributed by atoms with van der Waals surface area (Å²) in [5.74, 6) is -1.59. The van der Waals surface area contributed by atoms with E-state index < -0.39 is 17.0 Å². The van der Waals surface area contributed by atoms with Crippen molar-refractivity contribution in [1.82, 2.24) is 0 Å². The zero-order chi connectivity index (χ0) is 22.9. The van der Waals surface area contributed by atoms with Crippen molar-refractivity contribution in [3.05, 3.63) is 57.6 Å². The van der Waals surface area contributed by atoms with Crippen molar-refractivity contribution >= 4 is 46.4 Å². The summed E-state index contributed by atoms with van der Waals surface area (Å²) in [6.45, 7) is 5.67. The molecule has 0 bridgehead atoms. The van der Waals surface area contributed by atoms with Gasteiger partial charge in [-0.2, -0.15) is 0 Å². The smallest absolute Gasteiger partial charge is 0.229 e. The lowest BCUT2D eigenvalue weighted by atomic mass is 9.90. The lowest BCUT2D eigenvalue weighted by Crippen LogP contribution is -2.41. The van der Waals surface area contributed by atoms with E-state index in [1.807, 2.05) is 0 Å². The van der Waals surface area contributed by atoms with Crippen molar-refractivity contribution in [2.75, 3.05) is 16.8 Å². The molecular formula is C23H24Cl2F2N2O2. The molecule has 1 aliphatic heterocycles. The summed E-state index contributed by atoms with van der Waals surface area (Å²) in [4.78, 5) is 26.4. The quantitative estimate of drug-likeness (QED) is 0.576. The molecule has 1 fully saturated rings. The Balaban J connectivity index is 1.81. The molecule has 1 unspecified atom stereocenters. The van der Waals surface area contributed by atoms with Gasteiger partial charge in [0.2, 0.25) is 11.8 Å². The maximum absolute atomic E-state index is 14.1. The van der Waals surface area contributed by atoms with E-state index in [-0.39, 0.29) is 34.2 Å². The van der Waals surface area contributed by atoms with E-state index in [0.717, 1.165) is 6.07 Å². The molecule has 166 valence electrons. The van der Waals surface area contributed by atoms with Gasteiger partial charge in [-0.05, 0) is 42.5 Å². The molecule has 1 saturated heterocycles. The summed E-state index contributed by atoms with van der Waals surface area (Å²) >= 11 is 12.9. The highest BCUT2D eigenvalue weighted by atomic mass is 35.5. The molecule has 4 nitrogen and oxygen atoms in total. The van der Waals surface area contributed by atoms with Gasteiger partial charge in [-0.3, -0.25) is 9.59 Å². The van der Waals surface area contributed by atoms with Gasteiger partial charge in [0.15, 0.2) is 0 Å². The Morgan fingerprint density at radius 2 is 1.81 bits per heavy atom. The number of hydrogen-bond acceptors (Lipinski definition) is 2. The highest BCUT2D eigenvalue weighted by molar-refractivity contribution is 6.40. The monoisotopic (exact) mass is 468 g/mol. The summed E-state index contributed by atoms with van der Waals surface area (Å²) in [5.41, 5.74) is 0.612. The van der Waals surface area contributed by atoms with E-state index >= 15 is 0 Å². The standard InChI is InChI=1S/C23H24Cl2F2N2O2/c1-23(2,3)22(31)28-16-10-17(24)21(18(25)11-16)29-12-13(4-7-20(29)30)8-14-5-6-15(26)9-19(14)27/h5-6,9-11,13H,4,7-8,12H2,1-3H3,(H,28,31). The lowest BCUT2D eigenvalue weighted by Gasteiger charge is -2.34. The number of halogens is 4. The van der Waals surface area contributed by atoms with Crippen molar-refractivity contribution in [1.29, 1.82) is 0 Å². The molecule has 2 aromatic carbocycles. The minimum atomic E-state index is -0.626. The number of benzene rings is 2. The van der Waals surface area contributed by atoms with Gasteiger partial charge < -0.3 is 10.2 Å². The Labute approximate surface area is 190 Å². The highest BCUT2D eigenvalue weighted by Gasteiger charge is 2.31. The number of hydrogen-bond donors (Lipinski definition) is 1. The van der Waals surface area contributed by atoms with Crippen LogP contribution in [0.3, 0.4) is 0 Å². The third-order valence-electron chi connectivity index (χ3n) is 5.26. The van der Waals surface area contributed by atoms with Gasteiger partial charge in [-0.15, -0.1) is 0 Å². The number of nitrogens with one attached hydrogen (secondary N) is 1. The lowest BCUT2D eigenvalue weighted by molar-refractivity contribution is -0.123. The van der Waals surface area contributed by atoms with Crippen LogP contribution in [0.15, 0.2) is 30.3 Å². The van der Waals surface area contributed by atoms with Gasteiger partial charge in [-0.1, -0.05) is 50.0 Å². The maximum atomic E-state index is 14.1. The average Bonchev–Trinajstić information content (AvgIpc) is 2.65. The van der Waals surface area contributed by atoms with Gasteiger partial charge in [-0.25, -0.2) is 8.78 Å². The zero-order valence-electron chi connectivity index (χ0n) is 17.6.